The molecule has 0 spiro atoms. The summed E-state index contributed by atoms with van der Waals surface area (Å²) in [7, 11) is 0. The fraction of sp³-hybridized carbons (Fsp3) is 0.200. The lowest BCUT2D eigenvalue weighted by Gasteiger charge is -2.09. The summed E-state index contributed by atoms with van der Waals surface area (Å²) >= 11 is 0. The van der Waals surface area contributed by atoms with Gasteiger partial charge in [0.25, 0.3) is 5.56 Å². The SMILES string of the molecule is O=c1[nH]nc(CC2=CC=CCC2)c2ccccc12. The van der Waals surface area contributed by atoms with Crippen LogP contribution >= 0.6 is 0 Å². The molecule has 0 bridgehead atoms. The number of H-pyrrole nitrogens is 1. The molecule has 3 heteroatoms. The third-order valence-corrected chi connectivity index (χ3v) is 3.27. The van der Waals surface area contributed by atoms with E-state index in [-0.39, 0.29) is 5.56 Å². The lowest BCUT2D eigenvalue weighted by Crippen LogP contribution is -2.11. The van der Waals surface area contributed by atoms with E-state index in [9.17, 15) is 4.79 Å². The quantitative estimate of drug-likeness (QED) is 0.874. The summed E-state index contributed by atoms with van der Waals surface area (Å²) in [6.07, 6.45) is 9.38. The highest BCUT2D eigenvalue weighted by molar-refractivity contribution is 5.83. The van der Waals surface area contributed by atoms with Gasteiger partial charge in [-0.15, -0.1) is 0 Å². The lowest BCUT2D eigenvalue weighted by atomic mass is 9.98. The Morgan fingerprint density at radius 3 is 2.83 bits per heavy atom. The number of aromatic nitrogens is 2. The molecule has 1 N–H and O–H groups in total. The van der Waals surface area contributed by atoms with Crippen LogP contribution in [-0.4, -0.2) is 10.2 Å². The Morgan fingerprint density at radius 2 is 2.06 bits per heavy atom. The number of benzene rings is 1. The molecule has 3 rings (SSSR count). The fourth-order valence-corrected chi connectivity index (χ4v) is 2.32. The minimum Gasteiger partial charge on any atom is -0.267 e. The van der Waals surface area contributed by atoms with Gasteiger partial charge in [0.2, 0.25) is 0 Å². The van der Waals surface area contributed by atoms with Gasteiger partial charge in [-0.3, -0.25) is 4.79 Å². The van der Waals surface area contributed by atoms with Crippen LogP contribution in [0.5, 0.6) is 0 Å². The maximum atomic E-state index is 11.7. The minimum atomic E-state index is -0.119. The van der Waals surface area contributed by atoms with Crippen molar-refractivity contribution in [2.45, 2.75) is 19.3 Å². The van der Waals surface area contributed by atoms with E-state index in [0.29, 0.717) is 0 Å². The summed E-state index contributed by atoms with van der Waals surface area (Å²) < 4.78 is 0. The molecule has 0 amide bonds. The zero-order valence-electron chi connectivity index (χ0n) is 10.0. The molecule has 90 valence electrons. The number of aromatic amines is 1. The lowest BCUT2D eigenvalue weighted by molar-refractivity contribution is 0.865. The van der Waals surface area contributed by atoms with E-state index in [2.05, 4.69) is 28.4 Å². The highest BCUT2D eigenvalue weighted by Crippen LogP contribution is 2.20. The van der Waals surface area contributed by atoms with Crippen molar-refractivity contribution in [3.63, 3.8) is 0 Å². The van der Waals surface area contributed by atoms with Gasteiger partial charge in [0.05, 0.1) is 11.1 Å². The normalized spacial score (nSPS) is 14.8. The van der Waals surface area contributed by atoms with Gasteiger partial charge < -0.3 is 0 Å². The first-order valence-electron chi connectivity index (χ1n) is 6.15. The predicted octanol–water partition coefficient (Wildman–Crippen LogP) is 2.74. The maximum absolute atomic E-state index is 11.7. The van der Waals surface area contributed by atoms with Crippen molar-refractivity contribution in [3.8, 4) is 0 Å². The molecule has 0 fully saturated rings. The van der Waals surface area contributed by atoms with Crippen LogP contribution in [0.1, 0.15) is 18.5 Å². The van der Waals surface area contributed by atoms with Gasteiger partial charge in [-0.05, 0) is 18.9 Å². The topological polar surface area (TPSA) is 45.8 Å². The summed E-state index contributed by atoms with van der Waals surface area (Å²) in [4.78, 5) is 11.7. The van der Waals surface area contributed by atoms with E-state index in [1.54, 1.807) is 0 Å². The Balaban J connectivity index is 2.07. The Kier molecular flexibility index (Phi) is 2.81. The molecule has 2 aromatic rings. The van der Waals surface area contributed by atoms with Crippen LogP contribution < -0.4 is 5.56 Å². The van der Waals surface area contributed by atoms with E-state index >= 15 is 0 Å². The van der Waals surface area contributed by atoms with Crippen LogP contribution in [0.4, 0.5) is 0 Å². The van der Waals surface area contributed by atoms with E-state index in [1.807, 2.05) is 24.3 Å². The predicted molar refractivity (Wildman–Crippen MR) is 72.5 cm³/mol. The van der Waals surface area contributed by atoms with Gasteiger partial charge >= 0.3 is 0 Å². The Hall–Kier alpha value is -2.16. The second-order valence-corrected chi connectivity index (χ2v) is 4.51. The zero-order valence-corrected chi connectivity index (χ0v) is 10.0. The summed E-state index contributed by atoms with van der Waals surface area (Å²) in [5.74, 6) is 0. The van der Waals surface area contributed by atoms with Gasteiger partial charge in [0.1, 0.15) is 0 Å². The van der Waals surface area contributed by atoms with Crippen molar-refractivity contribution in [3.05, 3.63) is 64.1 Å². The molecule has 1 aromatic heterocycles. The molecule has 0 radical (unpaired) electrons. The number of allylic oxidation sites excluding steroid dienone is 4. The van der Waals surface area contributed by atoms with Crippen LogP contribution in [0.3, 0.4) is 0 Å². The Labute approximate surface area is 105 Å². The van der Waals surface area contributed by atoms with Crippen LogP contribution in [-0.2, 0) is 6.42 Å². The number of nitrogens with one attached hydrogen (secondary N) is 1. The molecule has 1 aliphatic carbocycles. The molecule has 0 saturated carbocycles. The second kappa shape index (κ2) is 4.61. The summed E-state index contributed by atoms with van der Waals surface area (Å²) in [5, 5.41) is 8.45. The second-order valence-electron chi connectivity index (χ2n) is 4.51. The van der Waals surface area contributed by atoms with E-state index in [0.717, 1.165) is 35.7 Å². The van der Waals surface area contributed by atoms with Crippen molar-refractivity contribution >= 4 is 10.8 Å². The standard InChI is InChI=1S/C15H14N2O/c18-15-13-9-5-4-8-12(13)14(16-17-15)10-11-6-2-1-3-7-11/h1-2,4-6,8-9H,3,7,10H2,(H,17,18). The highest BCUT2D eigenvalue weighted by atomic mass is 16.1. The first-order chi connectivity index (χ1) is 8.84. The van der Waals surface area contributed by atoms with Gasteiger partial charge in [0.15, 0.2) is 0 Å². The molecule has 1 heterocycles. The van der Waals surface area contributed by atoms with Crippen molar-refractivity contribution in [1.82, 2.24) is 10.2 Å². The Bertz CT molecular complexity index is 695. The molecule has 0 unspecified atom stereocenters. The number of fused-ring (bicyclic) bond motifs is 1. The van der Waals surface area contributed by atoms with Crippen LogP contribution in [0.15, 0.2) is 52.9 Å². The molecule has 1 aromatic carbocycles. The van der Waals surface area contributed by atoms with E-state index < -0.39 is 0 Å². The van der Waals surface area contributed by atoms with Crippen LogP contribution in [0.25, 0.3) is 10.8 Å². The Morgan fingerprint density at radius 1 is 1.22 bits per heavy atom. The molecule has 1 aliphatic rings. The monoisotopic (exact) mass is 238 g/mol. The van der Waals surface area contributed by atoms with Gasteiger partial charge in [0, 0.05) is 11.8 Å². The smallest absolute Gasteiger partial charge is 0.267 e. The van der Waals surface area contributed by atoms with Crippen LogP contribution in [0.2, 0.25) is 0 Å². The average Bonchev–Trinajstić information content (AvgIpc) is 2.44. The van der Waals surface area contributed by atoms with Gasteiger partial charge in [-0.2, -0.15) is 5.10 Å². The van der Waals surface area contributed by atoms with Gasteiger partial charge in [-0.25, -0.2) is 5.10 Å². The summed E-state index contributed by atoms with van der Waals surface area (Å²) in [6, 6.07) is 7.63. The fourth-order valence-electron chi connectivity index (χ4n) is 2.32. The number of hydrogen-bond donors (Lipinski definition) is 1. The summed E-state index contributed by atoms with van der Waals surface area (Å²) in [6.45, 7) is 0. The molecule has 0 saturated heterocycles. The van der Waals surface area contributed by atoms with Crippen molar-refractivity contribution in [1.29, 1.82) is 0 Å². The number of hydrogen-bond acceptors (Lipinski definition) is 2. The minimum absolute atomic E-state index is 0.119. The molecule has 0 atom stereocenters. The third kappa shape index (κ3) is 1.99. The molecular weight excluding hydrogens is 224 g/mol. The zero-order chi connectivity index (χ0) is 12.4. The maximum Gasteiger partial charge on any atom is 0.272 e. The first-order valence-corrected chi connectivity index (χ1v) is 6.15. The number of nitrogens with zero attached hydrogens (tertiary/aromatic N) is 1. The van der Waals surface area contributed by atoms with Crippen LogP contribution in [0, 0.1) is 0 Å². The van der Waals surface area contributed by atoms with Crippen molar-refractivity contribution < 1.29 is 0 Å². The average molecular weight is 238 g/mol. The third-order valence-electron chi connectivity index (χ3n) is 3.27. The molecular formula is C15H14N2O. The largest absolute Gasteiger partial charge is 0.272 e. The molecule has 0 aliphatic heterocycles. The van der Waals surface area contributed by atoms with E-state index in [1.165, 1.54) is 5.57 Å². The highest BCUT2D eigenvalue weighted by Gasteiger charge is 2.08. The van der Waals surface area contributed by atoms with Gasteiger partial charge in [-0.1, -0.05) is 42.0 Å². The van der Waals surface area contributed by atoms with E-state index in [4.69, 9.17) is 0 Å². The first kappa shape index (κ1) is 11.0. The van der Waals surface area contributed by atoms with Crippen molar-refractivity contribution in [2.75, 3.05) is 0 Å². The number of rotatable bonds is 2. The molecule has 18 heavy (non-hydrogen) atoms. The summed E-state index contributed by atoms with van der Waals surface area (Å²) in [5.41, 5.74) is 2.20. The molecule has 3 nitrogen and oxygen atoms in total. The van der Waals surface area contributed by atoms with Crippen molar-refractivity contribution in [2.24, 2.45) is 0 Å².